The first kappa shape index (κ1) is 18.4. The van der Waals surface area contributed by atoms with Crippen molar-refractivity contribution < 1.29 is 19.7 Å². The number of benzene rings is 2. The normalized spacial score (nSPS) is 17.7. The van der Waals surface area contributed by atoms with Crippen LogP contribution in [0.4, 0.5) is 0 Å². The van der Waals surface area contributed by atoms with Crippen molar-refractivity contribution in [2.24, 2.45) is 11.1 Å². The van der Waals surface area contributed by atoms with Gasteiger partial charge in [-0.3, -0.25) is 4.79 Å². The Morgan fingerprint density at radius 2 is 2.00 bits per heavy atom. The summed E-state index contributed by atoms with van der Waals surface area (Å²) in [4.78, 5) is 17.8. The van der Waals surface area contributed by atoms with Crippen LogP contribution in [0.2, 0.25) is 0 Å². The lowest BCUT2D eigenvalue weighted by Crippen LogP contribution is -2.50. The van der Waals surface area contributed by atoms with Crippen LogP contribution >= 0.6 is 0 Å². The molecule has 0 aliphatic carbocycles. The van der Waals surface area contributed by atoms with Crippen LogP contribution in [0.25, 0.3) is 10.8 Å². The van der Waals surface area contributed by atoms with Gasteiger partial charge in [0.05, 0.1) is 11.7 Å². The maximum Gasteiger partial charge on any atom is 0.475 e. The van der Waals surface area contributed by atoms with E-state index in [-0.39, 0.29) is 11.8 Å². The second kappa shape index (κ2) is 7.89. The van der Waals surface area contributed by atoms with Gasteiger partial charge in [0.15, 0.2) is 0 Å². The summed E-state index contributed by atoms with van der Waals surface area (Å²) < 4.78 is 0. The standard InChI is InChI=1S/C19H23BN2O4/c1-12(2)10-18(20(24)25)21-19(23)17-11-16(22-26-17)15-9-5-7-13-6-3-4-8-14(13)15/h3-9,12,17-18,24-25H,10-11H2,1-2H3,(H,21,23)/t17?,18-/m0/s1. The summed E-state index contributed by atoms with van der Waals surface area (Å²) in [6.45, 7) is 3.91. The Hall–Kier alpha value is -2.38. The van der Waals surface area contributed by atoms with E-state index in [0.717, 1.165) is 16.3 Å². The van der Waals surface area contributed by atoms with E-state index in [2.05, 4.69) is 10.5 Å². The van der Waals surface area contributed by atoms with E-state index < -0.39 is 19.2 Å². The maximum atomic E-state index is 12.5. The van der Waals surface area contributed by atoms with Gasteiger partial charge >= 0.3 is 7.12 Å². The van der Waals surface area contributed by atoms with Crippen LogP contribution in [0, 0.1) is 5.92 Å². The van der Waals surface area contributed by atoms with Crippen molar-refractivity contribution in [1.29, 1.82) is 0 Å². The Labute approximate surface area is 153 Å². The molecule has 136 valence electrons. The summed E-state index contributed by atoms with van der Waals surface area (Å²) in [5.41, 5.74) is 1.66. The SMILES string of the molecule is CC(C)C[C@H](NC(=O)C1CC(c2cccc3ccccc23)=NO1)B(O)O. The minimum atomic E-state index is -1.61. The number of oxime groups is 1. The van der Waals surface area contributed by atoms with Crippen molar-refractivity contribution in [3.8, 4) is 0 Å². The number of hydrogen-bond acceptors (Lipinski definition) is 5. The second-order valence-corrected chi connectivity index (χ2v) is 7.02. The molecule has 0 bridgehead atoms. The van der Waals surface area contributed by atoms with E-state index in [9.17, 15) is 14.8 Å². The van der Waals surface area contributed by atoms with Crippen molar-refractivity contribution in [2.45, 2.75) is 38.7 Å². The molecule has 7 heteroatoms. The highest BCUT2D eigenvalue weighted by Crippen LogP contribution is 2.24. The van der Waals surface area contributed by atoms with E-state index in [1.165, 1.54) is 0 Å². The average Bonchev–Trinajstić information content (AvgIpc) is 3.10. The molecule has 0 saturated heterocycles. The highest BCUT2D eigenvalue weighted by atomic mass is 16.6. The molecule has 1 aliphatic heterocycles. The van der Waals surface area contributed by atoms with Gasteiger partial charge in [0.25, 0.3) is 5.91 Å². The van der Waals surface area contributed by atoms with Gasteiger partial charge in [0, 0.05) is 12.0 Å². The van der Waals surface area contributed by atoms with Crippen LogP contribution in [0.15, 0.2) is 47.6 Å². The molecule has 0 saturated carbocycles. The molecule has 0 aromatic heterocycles. The highest BCUT2D eigenvalue weighted by molar-refractivity contribution is 6.43. The number of nitrogens with one attached hydrogen (secondary N) is 1. The first-order valence-corrected chi connectivity index (χ1v) is 8.83. The van der Waals surface area contributed by atoms with Crippen molar-refractivity contribution in [2.75, 3.05) is 0 Å². The van der Waals surface area contributed by atoms with E-state index in [4.69, 9.17) is 4.84 Å². The van der Waals surface area contributed by atoms with E-state index >= 15 is 0 Å². The molecule has 0 fully saturated rings. The van der Waals surface area contributed by atoms with Crippen LogP contribution in [-0.4, -0.2) is 40.8 Å². The number of hydrogen-bond donors (Lipinski definition) is 3. The molecule has 1 aliphatic rings. The second-order valence-electron chi connectivity index (χ2n) is 7.02. The van der Waals surface area contributed by atoms with Crippen molar-refractivity contribution >= 4 is 29.5 Å². The third-order valence-electron chi connectivity index (χ3n) is 4.47. The smallest absolute Gasteiger partial charge is 0.426 e. The molecule has 2 aromatic carbocycles. The van der Waals surface area contributed by atoms with Crippen molar-refractivity contribution in [3.05, 3.63) is 48.0 Å². The van der Waals surface area contributed by atoms with Gasteiger partial charge in [-0.2, -0.15) is 0 Å². The molecule has 1 heterocycles. The van der Waals surface area contributed by atoms with Gasteiger partial charge in [0.2, 0.25) is 6.10 Å². The van der Waals surface area contributed by atoms with Gasteiger partial charge in [-0.25, -0.2) is 0 Å². The first-order chi connectivity index (χ1) is 12.5. The zero-order chi connectivity index (χ0) is 18.7. The summed E-state index contributed by atoms with van der Waals surface area (Å²) in [6, 6.07) is 13.9. The minimum absolute atomic E-state index is 0.217. The van der Waals surface area contributed by atoms with Crippen molar-refractivity contribution in [3.63, 3.8) is 0 Å². The fourth-order valence-corrected chi connectivity index (χ4v) is 3.19. The maximum absolute atomic E-state index is 12.5. The third kappa shape index (κ3) is 4.06. The Morgan fingerprint density at radius 3 is 2.73 bits per heavy atom. The van der Waals surface area contributed by atoms with Gasteiger partial charge in [0.1, 0.15) is 0 Å². The predicted octanol–water partition coefficient (Wildman–Crippen LogP) is 1.88. The molecule has 3 rings (SSSR count). The van der Waals surface area contributed by atoms with Gasteiger partial charge in [-0.1, -0.05) is 61.5 Å². The molecule has 26 heavy (non-hydrogen) atoms. The van der Waals surface area contributed by atoms with Gasteiger partial charge < -0.3 is 20.2 Å². The number of amides is 1. The highest BCUT2D eigenvalue weighted by Gasteiger charge is 2.33. The fourth-order valence-electron chi connectivity index (χ4n) is 3.19. The van der Waals surface area contributed by atoms with Gasteiger partial charge in [-0.15, -0.1) is 0 Å². The van der Waals surface area contributed by atoms with Gasteiger partial charge in [-0.05, 0) is 23.1 Å². The molecule has 2 atom stereocenters. The lowest BCUT2D eigenvalue weighted by atomic mass is 9.75. The van der Waals surface area contributed by atoms with Crippen LogP contribution in [0.1, 0.15) is 32.3 Å². The lowest BCUT2D eigenvalue weighted by molar-refractivity contribution is -0.131. The lowest BCUT2D eigenvalue weighted by Gasteiger charge is -2.20. The summed E-state index contributed by atoms with van der Waals surface area (Å²) >= 11 is 0. The van der Waals surface area contributed by atoms with Crippen LogP contribution in [0.5, 0.6) is 0 Å². The third-order valence-corrected chi connectivity index (χ3v) is 4.47. The zero-order valence-electron chi connectivity index (χ0n) is 14.9. The van der Waals surface area contributed by atoms with Crippen LogP contribution in [0.3, 0.4) is 0 Å². The summed E-state index contributed by atoms with van der Waals surface area (Å²) in [7, 11) is -1.61. The number of fused-ring (bicyclic) bond motifs is 1. The van der Waals surface area contributed by atoms with Crippen LogP contribution < -0.4 is 5.32 Å². The zero-order valence-corrected chi connectivity index (χ0v) is 14.9. The van der Waals surface area contributed by atoms with Crippen LogP contribution in [-0.2, 0) is 9.63 Å². The molecule has 6 nitrogen and oxygen atoms in total. The van der Waals surface area contributed by atoms with E-state index in [1.807, 2.05) is 56.3 Å². The molecule has 2 aromatic rings. The Morgan fingerprint density at radius 1 is 1.27 bits per heavy atom. The van der Waals surface area contributed by atoms with E-state index in [0.29, 0.717) is 18.6 Å². The Kier molecular flexibility index (Phi) is 5.59. The molecular formula is C19H23BN2O4. The quantitative estimate of drug-likeness (QED) is 0.691. The largest absolute Gasteiger partial charge is 0.475 e. The molecule has 1 amide bonds. The molecule has 1 unspecified atom stereocenters. The Balaban J connectivity index is 1.70. The first-order valence-electron chi connectivity index (χ1n) is 8.83. The number of rotatable bonds is 6. The fraction of sp³-hybridized carbons (Fsp3) is 0.368. The number of carbonyl (C=O) groups excluding carboxylic acids is 1. The van der Waals surface area contributed by atoms with Crippen molar-refractivity contribution in [1.82, 2.24) is 5.32 Å². The predicted molar refractivity (Wildman–Crippen MR) is 102 cm³/mol. The average molecular weight is 354 g/mol. The summed E-state index contributed by atoms with van der Waals surface area (Å²) in [6.07, 6.45) is 0.0421. The minimum Gasteiger partial charge on any atom is -0.426 e. The van der Waals surface area contributed by atoms with E-state index in [1.54, 1.807) is 0 Å². The number of carbonyl (C=O) groups is 1. The monoisotopic (exact) mass is 354 g/mol. The number of nitrogens with zero attached hydrogens (tertiary/aromatic N) is 1. The topological polar surface area (TPSA) is 91.2 Å². The summed E-state index contributed by atoms with van der Waals surface area (Å²) in [5.74, 6) is -0.899. The Bertz CT molecular complexity index is 817. The molecule has 3 N–H and O–H groups in total. The molecule has 0 spiro atoms. The molecule has 0 radical (unpaired) electrons. The summed E-state index contributed by atoms with van der Waals surface area (Å²) in [5, 5.41) is 27.9. The molecular weight excluding hydrogens is 331 g/mol.